The van der Waals surface area contributed by atoms with Crippen molar-refractivity contribution in [2.45, 2.75) is 112 Å². The molecule has 346 valence electrons. The molecule has 0 aliphatic rings. The number of carbonyl (C=O) groups excluding carboxylic acids is 5. The Kier molecular flexibility index (Phi) is 25.4. The third kappa shape index (κ3) is 27.2. The first-order valence-electron chi connectivity index (χ1n) is 20.0. The fourth-order valence-corrected chi connectivity index (χ4v) is 5.28. The molecule has 6 N–H and O–H groups in total. The van der Waals surface area contributed by atoms with Gasteiger partial charge in [-0.2, -0.15) is 13.2 Å². The number of aliphatic carboxylic acids is 1. The van der Waals surface area contributed by atoms with Crippen molar-refractivity contribution in [3.63, 3.8) is 0 Å². The molecule has 0 aromatic heterocycles. The van der Waals surface area contributed by atoms with E-state index in [2.05, 4.69) is 43.6 Å². The molecule has 2 aromatic carbocycles. The molecule has 0 fully saturated rings. The van der Waals surface area contributed by atoms with Crippen LogP contribution in [0.2, 0.25) is 0 Å². The van der Waals surface area contributed by atoms with Gasteiger partial charge in [-0.25, -0.2) is 9.59 Å². The lowest BCUT2D eigenvalue weighted by molar-refractivity contribution is -0.192. The summed E-state index contributed by atoms with van der Waals surface area (Å²) in [7, 11) is 3.17. The Morgan fingerprint density at radius 1 is 0.677 bits per heavy atom. The number of ketones is 2. The molecule has 17 heteroatoms. The number of halogens is 3. The van der Waals surface area contributed by atoms with Crippen molar-refractivity contribution in [1.82, 2.24) is 5.32 Å². The number of anilines is 2. The van der Waals surface area contributed by atoms with Gasteiger partial charge >= 0.3 is 18.2 Å². The van der Waals surface area contributed by atoms with Gasteiger partial charge in [0.05, 0.1) is 26.3 Å². The molecule has 62 heavy (non-hydrogen) atoms. The number of carbonyl (C=O) groups is 6. The lowest BCUT2D eigenvalue weighted by atomic mass is 9.90. The van der Waals surface area contributed by atoms with Crippen molar-refractivity contribution < 1.29 is 61.3 Å². The molecule has 2 rings (SSSR count). The Bertz CT molecular complexity index is 1770. The summed E-state index contributed by atoms with van der Waals surface area (Å²) >= 11 is 0. The third-order valence-electron chi connectivity index (χ3n) is 8.20. The fraction of sp³-hybridized carbons (Fsp3) is 0.511. The molecule has 0 bridgehead atoms. The van der Waals surface area contributed by atoms with Crippen LogP contribution in [0.5, 0.6) is 11.5 Å². The smallest absolute Gasteiger partial charge is 0.490 e. The Labute approximate surface area is 363 Å². The second kappa shape index (κ2) is 28.0. The second-order valence-corrected chi connectivity index (χ2v) is 16.2. The number of carboxylic acids is 1. The molecule has 0 heterocycles. The highest BCUT2D eigenvalue weighted by Crippen LogP contribution is 2.21. The van der Waals surface area contributed by atoms with Gasteiger partial charge in [0.2, 0.25) is 11.8 Å². The highest BCUT2D eigenvalue weighted by Gasteiger charge is 2.38. The van der Waals surface area contributed by atoms with Crippen LogP contribution >= 0.6 is 0 Å². The molecule has 0 saturated heterocycles. The maximum Gasteiger partial charge on any atom is 0.490 e. The molecule has 0 saturated carbocycles. The van der Waals surface area contributed by atoms with E-state index >= 15 is 0 Å². The minimum absolute atomic E-state index is 0.0147. The quantitative estimate of drug-likeness (QED) is 0.0844. The molecule has 0 radical (unpaired) electrons. The molecule has 0 aliphatic heterocycles. The normalized spacial score (nSPS) is 13.4. The number of carboxylic acid groups (broad SMARTS) is 1. The van der Waals surface area contributed by atoms with Gasteiger partial charge in [0, 0.05) is 24.2 Å². The lowest BCUT2D eigenvalue weighted by Crippen LogP contribution is -2.42. The first kappa shape index (κ1) is 56.3. The van der Waals surface area contributed by atoms with Gasteiger partial charge in [-0.15, -0.1) is 0 Å². The zero-order valence-corrected chi connectivity index (χ0v) is 37.6. The predicted octanol–water partition coefficient (Wildman–Crippen LogP) is 8.52. The van der Waals surface area contributed by atoms with E-state index in [0.717, 1.165) is 18.6 Å². The molecule has 2 aromatic rings. The zero-order chi connectivity index (χ0) is 47.8. The number of nitrogens with two attached hydrogens (primary N) is 1. The molecule has 0 unspecified atom stereocenters. The van der Waals surface area contributed by atoms with Crippen LogP contribution in [0.1, 0.15) is 88.0 Å². The number of ether oxygens (including phenoxy) is 3. The van der Waals surface area contributed by atoms with E-state index in [4.69, 9.17) is 29.8 Å². The number of alkyl halides is 3. The van der Waals surface area contributed by atoms with E-state index in [9.17, 15) is 37.1 Å². The van der Waals surface area contributed by atoms with Gasteiger partial charge in [0.1, 0.15) is 22.9 Å². The van der Waals surface area contributed by atoms with Gasteiger partial charge in [-0.1, -0.05) is 39.8 Å². The topological polar surface area (TPSA) is 212 Å². The first-order valence-corrected chi connectivity index (χ1v) is 20.0. The van der Waals surface area contributed by atoms with Crippen LogP contribution in [0.15, 0.2) is 72.8 Å². The van der Waals surface area contributed by atoms with Crippen LogP contribution in [0.4, 0.5) is 29.3 Å². The largest absolute Gasteiger partial charge is 0.497 e. The second-order valence-electron chi connectivity index (χ2n) is 16.2. The average molecular weight is 879 g/mol. The van der Waals surface area contributed by atoms with E-state index in [1.54, 1.807) is 110 Å². The van der Waals surface area contributed by atoms with Crippen LogP contribution < -0.4 is 31.2 Å². The number of benzene rings is 2. The summed E-state index contributed by atoms with van der Waals surface area (Å²) in [4.78, 5) is 69.6. The number of amides is 3. The summed E-state index contributed by atoms with van der Waals surface area (Å²) in [6.07, 6.45) is 2.98. The zero-order valence-electron chi connectivity index (χ0n) is 37.6. The Morgan fingerprint density at radius 3 is 1.32 bits per heavy atom. The van der Waals surface area contributed by atoms with Crippen molar-refractivity contribution >= 4 is 46.8 Å². The van der Waals surface area contributed by atoms with Gasteiger partial charge < -0.3 is 41.0 Å². The number of Topliss-reactive ketones (excluding diaryl/α,β-unsaturated/α-hetero) is 2. The average Bonchev–Trinajstić information content (AvgIpc) is 3.15. The van der Waals surface area contributed by atoms with Crippen LogP contribution in [-0.2, 0) is 28.7 Å². The van der Waals surface area contributed by atoms with Crippen molar-refractivity contribution in [3.8, 4) is 11.5 Å². The number of nitrogens with one attached hydrogen (secondary N) is 3. The number of alkyl carbamates (subject to hydrolysis) is 1. The Morgan fingerprint density at radius 2 is 1.03 bits per heavy atom. The summed E-state index contributed by atoms with van der Waals surface area (Å²) in [6.45, 7) is 16.9. The van der Waals surface area contributed by atoms with Crippen LogP contribution in [-0.4, -0.2) is 78.6 Å². The monoisotopic (exact) mass is 878 g/mol. The minimum atomic E-state index is -5.08. The van der Waals surface area contributed by atoms with Gasteiger partial charge in [0.15, 0.2) is 5.78 Å². The van der Waals surface area contributed by atoms with Crippen molar-refractivity contribution in [2.75, 3.05) is 24.9 Å². The predicted molar refractivity (Wildman–Crippen MR) is 233 cm³/mol. The van der Waals surface area contributed by atoms with E-state index in [0.29, 0.717) is 35.4 Å². The van der Waals surface area contributed by atoms with Gasteiger partial charge in [0.25, 0.3) is 0 Å². The molecule has 3 amide bonds. The number of hydrogen-bond acceptors (Lipinski definition) is 10. The standard InChI is InChI=1S/C24H36N2O5.C19H28N2O3.C2HF3O2/c1-16(2)14-18(15-21(27)17(3)25-23(29)31-24(4,5)6)8-13-22(28)26-19-9-11-20(30-7)12-10-19;1-13(2)11-15(12-18(22)14(3)20)5-10-19(23)21-16-6-8-17(24-4)9-7-16;3-2(4,5)1(6)7/h8-13,16-18H,14-15H2,1-7H3,(H,25,29)(H,26,28);5-10,13-15H,11-12,20H2,1-4H3,(H,21,23);(H,6,7)/b13-8+;10-5+;/t17-,18+;14-,15+;/m00./s1. The number of allylic oxidation sites excluding steroid dienone is 2. The van der Waals surface area contributed by atoms with Crippen molar-refractivity contribution in [1.29, 1.82) is 0 Å². The summed E-state index contributed by atoms with van der Waals surface area (Å²) in [6, 6.07) is 13.0. The molecular formula is C45H65F3N4O10. The molecule has 14 nitrogen and oxygen atoms in total. The van der Waals surface area contributed by atoms with Crippen molar-refractivity contribution in [2.24, 2.45) is 29.4 Å². The lowest BCUT2D eigenvalue weighted by Gasteiger charge is -2.22. The molecule has 0 aliphatic carbocycles. The highest BCUT2D eigenvalue weighted by atomic mass is 19.4. The van der Waals surface area contributed by atoms with E-state index < -0.39 is 35.9 Å². The van der Waals surface area contributed by atoms with Crippen LogP contribution in [0, 0.1) is 23.7 Å². The summed E-state index contributed by atoms with van der Waals surface area (Å²) in [5, 5.41) is 15.3. The number of hydrogen-bond donors (Lipinski definition) is 5. The first-order chi connectivity index (χ1) is 28.6. The molecule has 4 atom stereocenters. The van der Waals surface area contributed by atoms with Crippen molar-refractivity contribution in [3.05, 3.63) is 72.8 Å². The Balaban J connectivity index is 0.00000106. The van der Waals surface area contributed by atoms with Crippen LogP contribution in [0.25, 0.3) is 0 Å². The Hall–Kier alpha value is -5.71. The highest BCUT2D eigenvalue weighted by molar-refractivity contribution is 6.00. The molecular weight excluding hydrogens is 814 g/mol. The summed E-state index contributed by atoms with van der Waals surface area (Å²) in [5.74, 6) is -1.22. The fourth-order valence-electron chi connectivity index (χ4n) is 5.28. The van der Waals surface area contributed by atoms with Gasteiger partial charge in [-0.3, -0.25) is 19.2 Å². The SMILES string of the molecule is COc1ccc(NC(=O)/C=C/[C@@H](CC(=O)[C@H](C)N)CC(C)C)cc1.COc1ccc(NC(=O)/C=C/[C@@H](CC(=O)[C@H](C)NC(=O)OC(C)(C)C)CC(C)C)cc1.O=C(O)C(F)(F)F. The maximum absolute atomic E-state index is 12.6. The minimum Gasteiger partial charge on any atom is -0.497 e. The summed E-state index contributed by atoms with van der Waals surface area (Å²) < 4.78 is 47.1. The number of rotatable bonds is 19. The van der Waals surface area contributed by atoms with E-state index in [1.165, 1.54) is 12.2 Å². The molecule has 0 spiro atoms. The summed E-state index contributed by atoms with van der Waals surface area (Å²) in [5.41, 5.74) is 6.35. The van der Waals surface area contributed by atoms with E-state index in [-0.39, 0.29) is 41.6 Å². The number of methoxy groups -OCH3 is 2. The van der Waals surface area contributed by atoms with E-state index in [1.807, 2.05) is 0 Å². The third-order valence-corrected chi connectivity index (χ3v) is 8.20. The van der Waals surface area contributed by atoms with Gasteiger partial charge in [-0.05, 0) is 132 Å². The van der Waals surface area contributed by atoms with Crippen LogP contribution in [0.3, 0.4) is 0 Å². The maximum atomic E-state index is 12.6.